The molecule has 0 bridgehead atoms. The van der Waals surface area contributed by atoms with E-state index >= 15 is 0 Å². The first-order valence-electron chi connectivity index (χ1n) is 4.86. The third-order valence-electron chi connectivity index (χ3n) is 2.02. The smallest absolute Gasteiger partial charge is 0.356 e. The Hall–Kier alpha value is -1.52. The minimum absolute atomic E-state index is 0.103. The Morgan fingerprint density at radius 1 is 1.25 bits per heavy atom. The molecule has 0 atom stereocenters. The summed E-state index contributed by atoms with van der Waals surface area (Å²) in [6.45, 7) is 2.30. The average Bonchev–Trinajstić information content (AvgIpc) is 2.17. The second-order valence-electron chi connectivity index (χ2n) is 3.32. The van der Waals surface area contributed by atoms with Crippen molar-refractivity contribution < 1.29 is 18.0 Å². The van der Waals surface area contributed by atoms with Crippen molar-refractivity contribution in [3.63, 3.8) is 0 Å². The third-order valence-corrected chi connectivity index (χ3v) is 2.02. The van der Waals surface area contributed by atoms with Gasteiger partial charge in [0.25, 0.3) is 0 Å². The van der Waals surface area contributed by atoms with E-state index in [1.165, 1.54) is 12.1 Å². The van der Waals surface area contributed by atoms with Crippen LogP contribution in [0.25, 0.3) is 0 Å². The maximum absolute atomic E-state index is 12.2. The number of nitrogens with one attached hydrogen (secondary N) is 1. The number of hydrogen-bond donors (Lipinski definition) is 1. The molecule has 1 N–H and O–H groups in total. The number of carbonyl (C=O) groups is 1. The number of likely N-dealkylation sites (N-methyl/N-ethyl adjacent to an activating group) is 1. The maximum atomic E-state index is 12.2. The topological polar surface area (TPSA) is 29.1 Å². The molecule has 0 aromatic heterocycles. The van der Waals surface area contributed by atoms with Gasteiger partial charge in [-0.15, -0.1) is 0 Å². The minimum Gasteiger partial charge on any atom is -0.356 e. The monoisotopic (exact) mass is 231 g/mol. The average molecular weight is 231 g/mol. The number of carbonyl (C=O) groups excluding carboxylic acids is 1. The fourth-order valence-corrected chi connectivity index (χ4v) is 1.26. The molecule has 0 radical (unpaired) electrons. The molecule has 0 saturated carbocycles. The second-order valence-corrected chi connectivity index (χ2v) is 3.32. The maximum Gasteiger partial charge on any atom is 0.416 e. The van der Waals surface area contributed by atoms with Gasteiger partial charge in [0.1, 0.15) is 0 Å². The van der Waals surface area contributed by atoms with Crippen LogP contribution in [0.4, 0.5) is 13.2 Å². The minimum atomic E-state index is -4.33. The standard InChI is InChI=1S/C11H12F3NO/c1-2-15-10(16)7-8-3-5-9(6-4-8)11(12,13)14/h3-6H,2,7H2,1H3,(H,15,16). The number of alkyl halides is 3. The summed E-state index contributed by atoms with van der Waals surface area (Å²) in [6.07, 6.45) is -4.23. The summed E-state index contributed by atoms with van der Waals surface area (Å²) in [5, 5.41) is 2.58. The van der Waals surface area contributed by atoms with E-state index in [4.69, 9.17) is 0 Å². The van der Waals surface area contributed by atoms with Gasteiger partial charge in [0.15, 0.2) is 0 Å². The zero-order chi connectivity index (χ0) is 12.2. The van der Waals surface area contributed by atoms with Gasteiger partial charge in [0.2, 0.25) is 5.91 Å². The van der Waals surface area contributed by atoms with Gasteiger partial charge in [-0.05, 0) is 24.6 Å². The summed E-state index contributed by atoms with van der Waals surface area (Å²) >= 11 is 0. The Morgan fingerprint density at radius 2 is 1.81 bits per heavy atom. The fourth-order valence-electron chi connectivity index (χ4n) is 1.26. The Morgan fingerprint density at radius 3 is 2.25 bits per heavy atom. The number of halogens is 3. The summed E-state index contributed by atoms with van der Waals surface area (Å²) in [6, 6.07) is 4.60. The van der Waals surface area contributed by atoms with Crippen LogP contribution in [0.2, 0.25) is 0 Å². The molecule has 0 heterocycles. The SMILES string of the molecule is CCNC(=O)Cc1ccc(C(F)(F)F)cc1. The molecular formula is C11H12F3NO. The number of hydrogen-bond acceptors (Lipinski definition) is 1. The van der Waals surface area contributed by atoms with Gasteiger partial charge in [-0.25, -0.2) is 0 Å². The third kappa shape index (κ3) is 3.56. The summed E-state index contributed by atoms with van der Waals surface area (Å²) in [4.78, 5) is 11.2. The van der Waals surface area contributed by atoms with E-state index in [0.717, 1.165) is 12.1 Å². The summed E-state index contributed by atoms with van der Waals surface area (Å²) in [7, 11) is 0. The van der Waals surface area contributed by atoms with Crippen LogP contribution in [0.1, 0.15) is 18.1 Å². The van der Waals surface area contributed by atoms with Crippen molar-refractivity contribution in [2.45, 2.75) is 19.5 Å². The largest absolute Gasteiger partial charge is 0.416 e. The van der Waals surface area contributed by atoms with Crippen LogP contribution in [-0.2, 0) is 17.4 Å². The van der Waals surface area contributed by atoms with Gasteiger partial charge in [-0.3, -0.25) is 4.79 Å². The molecule has 2 nitrogen and oxygen atoms in total. The van der Waals surface area contributed by atoms with Gasteiger partial charge >= 0.3 is 6.18 Å². The van der Waals surface area contributed by atoms with Crippen LogP contribution in [0, 0.1) is 0 Å². The van der Waals surface area contributed by atoms with Crippen molar-refractivity contribution in [1.29, 1.82) is 0 Å². The lowest BCUT2D eigenvalue weighted by Crippen LogP contribution is -2.24. The molecule has 16 heavy (non-hydrogen) atoms. The Bertz CT molecular complexity index is 356. The van der Waals surface area contributed by atoms with E-state index in [0.29, 0.717) is 12.1 Å². The van der Waals surface area contributed by atoms with E-state index in [2.05, 4.69) is 5.32 Å². The van der Waals surface area contributed by atoms with Gasteiger partial charge in [-0.2, -0.15) is 13.2 Å². The molecule has 0 aliphatic rings. The Balaban J connectivity index is 2.69. The van der Waals surface area contributed by atoms with E-state index in [1.54, 1.807) is 6.92 Å². The normalized spacial score (nSPS) is 11.2. The highest BCUT2D eigenvalue weighted by atomic mass is 19.4. The lowest BCUT2D eigenvalue weighted by atomic mass is 10.1. The van der Waals surface area contributed by atoms with Gasteiger partial charge in [0.05, 0.1) is 12.0 Å². The van der Waals surface area contributed by atoms with E-state index in [-0.39, 0.29) is 12.3 Å². The molecule has 88 valence electrons. The van der Waals surface area contributed by atoms with Gasteiger partial charge in [-0.1, -0.05) is 12.1 Å². The fraction of sp³-hybridized carbons (Fsp3) is 0.364. The van der Waals surface area contributed by atoms with Crippen LogP contribution in [0.5, 0.6) is 0 Å². The molecule has 1 rings (SSSR count). The van der Waals surface area contributed by atoms with Gasteiger partial charge in [0, 0.05) is 6.54 Å². The highest BCUT2D eigenvalue weighted by molar-refractivity contribution is 5.78. The molecule has 0 saturated heterocycles. The summed E-state index contributed by atoms with van der Waals surface area (Å²) in [5.41, 5.74) is -0.133. The molecule has 0 aliphatic heterocycles. The van der Waals surface area contributed by atoms with Crippen LogP contribution >= 0.6 is 0 Å². The molecule has 0 aliphatic carbocycles. The first kappa shape index (κ1) is 12.5. The predicted molar refractivity (Wildman–Crippen MR) is 53.8 cm³/mol. The molecule has 0 unspecified atom stereocenters. The zero-order valence-electron chi connectivity index (χ0n) is 8.77. The van der Waals surface area contributed by atoms with Crippen LogP contribution in [0.15, 0.2) is 24.3 Å². The zero-order valence-corrected chi connectivity index (χ0v) is 8.77. The number of benzene rings is 1. The highest BCUT2D eigenvalue weighted by Gasteiger charge is 2.29. The van der Waals surface area contributed by atoms with Crippen molar-refractivity contribution in [2.75, 3.05) is 6.54 Å². The molecule has 1 amide bonds. The van der Waals surface area contributed by atoms with E-state index < -0.39 is 11.7 Å². The van der Waals surface area contributed by atoms with Crippen LogP contribution in [-0.4, -0.2) is 12.5 Å². The molecule has 1 aromatic rings. The van der Waals surface area contributed by atoms with Crippen LogP contribution < -0.4 is 5.32 Å². The quantitative estimate of drug-likeness (QED) is 0.850. The van der Waals surface area contributed by atoms with Gasteiger partial charge < -0.3 is 5.32 Å². The van der Waals surface area contributed by atoms with Crippen LogP contribution in [0.3, 0.4) is 0 Å². The highest BCUT2D eigenvalue weighted by Crippen LogP contribution is 2.29. The first-order valence-corrected chi connectivity index (χ1v) is 4.86. The van der Waals surface area contributed by atoms with Crippen molar-refractivity contribution in [3.8, 4) is 0 Å². The van der Waals surface area contributed by atoms with Crippen molar-refractivity contribution >= 4 is 5.91 Å². The summed E-state index contributed by atoms with van der Waals surface area (Å²) in [5.74, 6) is -0.192. The molecule has 0 spiro atoms. The lowest BCUT2D eigenvalue weighted by molar-refractivity contribution is -0.137. The van der Waals surface area contributed by atoms with Crippen molar-refractivity contribution in [3.05, 3.63) is 35.4 Å². The van der Waals surface area contributed by atoms with Crippen molar-refractivity contribution in [2.24, 2.45) is 0 Å². The Kier molecular flexibility index (Phi) is 3.93. The number of amides is 1. The predicted octanol–water partition coefficient (Wildman–Crippen LogP) is 2.38. The number of rotatable bonds is 3. The van der Waals surface area contributed by atoms with E-state index in [1.807, 2.05) is 0 Å². The van der Waals surface area contributed by atoms with Crippen molar-refractivity contribution in [1.82, 2.24) is 5.32 Å². The molecule has 0 fully saturated rings. The second kappa shape index (κ2) is 5.01. The molecular weight excluding hydrogens is 219 g/mol. The first-order chi connectivity index (χ1) is 7.43. The van der Waals surface area contributed by atoms with E-state index in [9.17, 15) is 18.0 Å². The summed E-state index contributed by atoms with van der Waals surface area (Å²) < 4.78 is 36.7. The molecule has 1 aromatic carbocycles. The molecule has 5 heteroatoms. The Labute approximate surface area is 91.5 Å². The lowest BCUT2D eigenvalue weighted by Gasteiger charge is -2.07.